The van der Waals surface area contributed by atoms with Crippen LogP contribution in [0, 0.1) is 0 Å². The third kappa shape index (κ3) is 2.46. The molecule has 2 heterocycles. The second-order valence-corrected chi connectivity index (χ2v) is 3.46. The Hall–Kier alpha value is -1.69. The van der Waals surface area contributed by atoms with Gasteiger partial charge in [0.15, 0.2) is 11.5 Å². The van der Waals surface area contributed by atoms with Crippen molar-refractivity contribution < 1.29 is 0 Å². The lowest BCUT2D eigenvalue weighted by Gasteiger charge is -2.05. The van der Waals surface area contributed by atoms with E-state index in [4.69, 9.17) is 0 Å². The maximum atomic E-state index is 4.18. The van der Waals surface area contributed by atoms with Crippen molar-refractivity contribution in [2.75, 3.05) is 25.0 Å². The summed E-state index contributed by atoms with van der Waals surface area (Å²) in [5.74, 6) is 0.819. The van der Waals surface area contributed by atoms with Crippen LogP contribution >= 0.6 is 0 Å². The maximum Gasteiger partial charge on any atom is 0.182 e. The third-order valence-corrected chi connectivity index (χ3v) is 2.30. The number of H-pyrrole nitrogens is 1. The van der Waals surface area contributed by atoms with Gasteiger partial charge in [-0.05, 0) is 19.5 Å². The van der Waals surface area contributed by atoms with E-state index >= 15 is 0 Å². The molecule has 86 valence electrons. The fourth-order valence-corrected chi connectivity index (χ4v) is 1.50. The molecule has 0 bridgehead atoms. The van der Waals surface area contributed by atoms with Gasteiger partial charge in [-0.1, -0.05) is 6.92 Å². The summed E-state index contributed by atoms with van der Waals surface area (Å²) in [4.78, 5) is 15.3. The average molecular weight is 220 g/mol. The van der Waals surface area contributed by atoms with Crippen molar-refractivity contribution in [3.05, 3.63) is 12.7 Å². The van der Waals surface area contributed by atoms with Gasteiger partial charge in [0, 0.05) is 6.54 Å². The van der Waals surface area contributed by atoms with Crippen molar-refractivity contribution in [3.63, 3.8) is 0 Å². The number of rotatable bonds is 6. The summed E-state index contributed by atoms with van der Waals surface area (Å²) in [5.41, 5.74) is 1.56. The van der Waals surface area contributed by atoms with Crippen LogP contribution in [0.3, 0.4) is 0 Å². The number of aromatic amines is 1. The molecule has 0 aliphatic rings. The summed E-state index contributed by atoms with van der Waals surface area (Å²) in [6.45, 7) is 5.02. The number of imidazole rings is 1. The first-order chi connectivity index (χ1) is 7.92. The fraction of sp³-hybridized carbons (Fsp3) is 0.500. The second-order valence-electron chi connectivity index (χ2n) is 3.46. The molecule has 2 rings (SSSR count). The Morgan fingerprint density at radius 1 is 1.25 bits per heavy atom. The van der Waals surface area contributed by atoms with E-state index in [2.05, 4.69) is 37.5 Å². The van der Waals surface area contributed by atoms with E-state index < -0.39 is 0 Å². The predicted octanol–water partition coefficient (Wildman–Crippen LogP) is 0.764. The smallest absolute Gasteiger partial charge is 0.182 e. The Bertz CT molecular complexity index is 438. The highest BCUT2D eigenvalue weighted by molar-refractivity contribution is 5.81. The molecule has 0 aromatic carbocycles. The molecule has 6 heteroatoms. The monoisotopic (exact) mass is 220 g/mol. The minimum atomic E-state index is 0.698. The number of fused-ring (bicyclic) bond motifs is 1. The molecule has 16 heavy (non-hydrogen) atoms. The van der Waals surface area contributed by atoms with Gasteiger partial charge < -0.3 is 15.6 Å². The van der Waals surface area contributed by atoms with Crippen molar-refractivity contribution in [2.24, 2.45) is 0 Å². The number of nitrogens with one attached hydrogen (secondary N) is 3. The van der Waals surface area contributed by atoms with E-state index in [1.807, 2.05) is 0 Å². The minimum absolute atomic E-state index is 0.698. The van der Waals surface area contributed by atoms with Crippen LogP contribution in [0.4, 0.5) is 5.82 Å². The lowest BCUT2D eigenvalue weighted by molar-refractivity contribution is 0.688. The lowest BCUT2D eigenvalue weighted by Crippen LogP contribution is -2.17. The van der Waals surface area contributed by atoms with E-state index in [1.165, 1.54) is 6.33 Å². The van der Waals surface area contributed by atoms with E-state index in [0.717, 1.165) is 37.4 Å². The minimum Gasteiger partial charge on any atom is -0.368 e. The lowest BCUT2D eigenvalue weighted by atomic mass is 10.4. The van der Waals surface area contributed by atoms with Gasteiger partial charge in [0.2, 0.25) is 0 Å². The van der Waals surface area contributed by atoms with Crippen LogP contribution in [0.25, 0.3) is 11.2 Å². The zero-order chi connectivity index (χ0) is 11.2. The number of nitrogens with zero attached hydrogens (tertiary/aromatic N) is 3. The Morgan fingerprint density at radius 3 is 3.06 bits per heavy atom. The molecule has 0 fully saturated rings. The molecular formula is C10H16N6. The van der Waals surface area contributed by atoms with Crippen molar-refractivity contribution in [2.45, 2.75) is 13.3 Å². The molecule has 2 aromatic rings. The van der Waals surface area contributed by atoms with Crippen LogP contribution in [0.15, 0.2) is 12.7 Å². The molecule has 0 amide bonds. The van der Waals surface area contributed by atoms with E-state index in [1.54, 1.807) is 6.33 Å². The highest BCUT2D eigenvalue weighted by Crippen LogP contribution is 2.13. The zero-order valence-corrected chi connectivity index (χ0v) is 9.32. The number of hydrogen-bond acceptors (Lipinski definition) is 5. The van der Waals surface area contributed by atoms with Crippen molar-refractivity contribution in [1.29, 1.82) is 0 Å². The molecule has 6 nitrogen and oxygen atoms in total. The van der Waals surface area contributed by atoms with Crippen molar-refractivity contribution in [3.8, 4) is 0 Å². The van der Waals surface area contributed by atoms with Gasteiger partial charge in [-0.15, -0.1) is 0 Å². The zero-order valence-electron chi connectivity index (χ0n) is 9.32. The maximum absolute atomic E-state index is 4.18. The molecule has 0 saturated carbocycles. The molecule has 0 radical (unpaired) electrons. The summed E-state index contributed by atoms with van der Waals surface area (Å²) in [6.07, 6.45) is 4.21. The SMILES string of the molecule is CCNCCCNc1ncnc2nc[nH]c12. The summed E-state index contributed by atoms with van der Waals surface area (Å²) >= 11 is 0. The van der Waals surface area contributed by atoms with Gasteiger partial charge in [0.05, 0.1) is 6.33 Å². The summed E-state index contributed by atoms with van der Waals surface area (Å²) in [6, 6.07) is 0. The number of hydrogen-bond donors (Lipinski definition) is 3. The van der Waals surface area contributed by atoms with E-state index in [9.17, 15) is 0 Å². The highest BCUT2D eigenvalue weighted by Gasteiger charge is 2.03. The third-order valence-electron chi connectivity index (χ3n) is 2.30. The Labute approximate surface area is 93.9 Å². The van der Waals surface area contributed by atoms with Crippen molar-refractivity contribution >= 4 is 17.0 Å². The fourth-order valence-electron chi connectivity index (χ4n) is 1.50. The highest BCUT2D eigenvalue weighted by atomic mass is 15.1. The van der Waals surface area contributed by atoms with Gasteiger partial charge in [-0.2, -0.15) is 0 Å². The quantitative estimate of drug-likeness (QED) is 0.626. The molecule has 0 saturated heterocycles. The molecule has 2 aromatic heterocycles. The first-order valence-corrected chi connectivity index (χ1v) is 5.50. The average Bonchev–Trinajstić information content (AvgIpc) is 2.77. The molecule has 3 N–H and O–H groups in total. The number of anilines is 1. The van der Waals surface area contributed by atoms with Crippen LogP contribution in [0.5, 0.6) is 0 Å². The molecular weight excluding hydrogens is 204 g/mol. The van der Waals surface area contributed by atoms with Crippen molar-refractivity contribution in [1.82, 2.24) is 25.3 Å². The second kappa shape index (κ2) is 5.41. The normalized spacial score (nSPS) is 10.8. The predicted molar refractivity (Wildman–Crippen MR) is 63.3 cm³/mol. The number of aromatic nitrogens is 4. The summed E-state index contributed by atoms with van der Waals surface area (Å²) < 4.78 is 0. The van der Waals surface area contributed by atoms with E-state index in [0.29, 0.717) is 5.65 Å². The summed E-state index contributed by atoms with van der Waals surface area (Å²) in [5, 5.41) is 6.54. The van der Waals surface area contributed by atoms with Gasteiger partial charge in [-0.3, -0.25) is 0 Å². The molecule has 0 unspecified atom stereocenters. The molecule has 0 aliphatic carbocycles. The van der Waals surface area contributed by atoms with Crippen LogP contribution in [0.2, 0.25) is 0 Å². The first-order valence-electron chi connectivity index (χ1n) is 5.50. The standard InChI is InChI=1S/C10H16N6/c1-2-11-4-3-5-12-9-8-10(14-6-13-8)16-7-15-9/h6-7,11H,2-5H2,1H3,(H2,12,13,14,15,16). The van der Waals surface area contributed by atoms with Gasteiger partial charge in [0.1, 0.15) is 11.8 Å². The van der Waals surface area contributed by atoms with Crippen LogP contribution < -0.4 is 10.6 Å². The molecule has 0 aliphatic heterocycles. The van der Waals surface area contributed by atoms with Crippen LogP contribution in [-0.4, -0.2) is 39.6 Å². The summed E-state index contributed by atoms with van der Waals surface area (Å²) in [7, 11) is 0. The Morgan fingerprint density at radius 2 is 2.19 bits per heavy atom. The molecule has 0 spiro atoms. The largest absolute Gasteiger partial charge is 0.368 e. The van der Waals surface area contributed by atoms with Gasteiger partial charge in [-0.25, -0.2) is 15.0 Å². The van der Waals surface area contributed by atoms with Gasteiger partial charge >= 0.3 is 0 Å². The van der Waals surface area contributed by atoms with Crippen LogP contribution in [0.1, 0.15) is 13.3 Å². The van der Waals surface area contributed by atoms with E-state index in [-0.39, 0.29) is 0 Å². The van der Waals surface area contributed by atoms with Gasteiger partial charge in [0.25, 0.3) is 0 Å². The molecule has 0 atom stereocenters. The Balaban J connectivity index is 1.91. The Kier molecular flexibility index (Phi) is 3.66. The topological polar surface area (TPSA) is 78.5 Å². The van der Waals surface area contributed by atoms with Crippen LogP contribution in [-0.2, 0) is 0 Å². The first kappa shape index (κ1) is 10.8.